The Hall–Kier alpha value is -1.97. The number of hydrogen-bond acceptors (Lipinski definition) is 1. The van der Waals surface area contributed by atoms with E-state index in [4.69, 9.17) is 22.8 Å². The van der Waals surface area contributed by atoms with E-state index in [2.05, 4.69) is 110 Å². The summed E-state index contributed by atoms with van der Waals surface area (Å²) in [5.41, 5.74) is 10.6. The molecule has 2 atom stereocenters. The summed E-state index contributed by atoms with van der Waals surface area (Å²) in [7, 11) is 10.1. The van der Waals surface area contributed by atoms with Crippen molar-refractivity contribution in [2.75, 3.05) is 0 Å². The van der Waals surface area contributed by atoms with Gasteiger partial charge in [0.2, 0.25) is 0 Å². The Morgan fingerprint density at radius 2 is 1.49 bits per heavy atom. The van der Waals surface area contributed by atoms with Crippen LogP contribution in [0.2, 0.25) is 0 Å². The Kier molecular flexibility index (Phi) is 11.6. The van der Waals surface area contributed by atoms with Crippen molar-refractivity contribution >= 4 is 42.8 Å². The average molecular weight is 649 g/mol. The van der Waals surface area contributed by atoms with Gasteiger partial charge in [-0.3, -0.25) is 4.79 Å². The molecule has 2 N–H and O–H groups in total. The predicted molar refractivity (Wildman–Crippen MR) is 162 cm³/mol. The average Bonchev–Trinajstić information content (AvgIpc) is 3.70. The molecule has 2 fully saturated rings. The van der Waals surface area contributed by atoms with E-state index in [9.17, 15) is 4.79 Å². The van der Waals surface area contributed by atoms with Crippen LogP contribution in [0.4, 0.5) is 0 Å². The number of carbonyl (C=O) groups excluding carboxylic acids is 1. The van der Waals surface area contributed by atoms with Crippen LogP contribution in [0, 0.1) is 23.8 Å². The van der Waals surface area contributed by atoms with Crippen LogP contribution >= 0.6 is 17.0 Å². The summed E-state index contributed by atoms with van der Waals surface area (Å²) in [6.45, 7) is 0. The van der Waals surface area contributed by atoms with Crippen molar-refractivity contribution in [1.82, 2.24) is 0 Å². The van der Waals surface area contributed by atoms with Crippen LogP contribution in [0.3, 0.4) is 0 Å². The minimum atomic E-state index is -0.826. The van der Waals surface area contributed by atoms with E-state index in [1.54, 1.807) is 0 Å². The monoisotopic (exact) mass is 646 g/mol. The molecule has 1 amide bonds. The van der Waals surface area contributed by atoms with Crippen molar-refractivity contribution in [3.8, 4) is 11.1 Å². The molecule has 39 heavy (non-hydrogen) atoms. The molecule has 3 aliphatic carbocycles. The number of rotatable bonds is 3. The molecule has 1 radical (unpaired) electrons. The molecule has 0 saturated heterocycles. The Bertz CT molecular complexity index is 1250. The van der Waals surface area contributed by atoms with Gasteiger partial charge in [0, 0.05) is 0 Å². The van der Waals surface area contributed by atoms with Gasteiger partial charge in [-0.05, 0) is 6.42 Å². The number of primary amides is 1. The van der Waals surface area contributed by atoms with E-state index in [1.807, 2.05) is 6.07 Å². The number of hydrogen-bond donors (Lipinski definition) is 1. The van der Waals surface area contributed by atoms with Gasteiger partial charge in [-0.2, -0.15) is 36.2 Å². The largest absolute Gasteiger partial charge is 0.179 e. The van der Waals surface area contributed by atoms with Crippen LogP contribution in [-0.2, 0) is 32.1 Å². The standard InChI is InChI=1S/C13H9.C12H11Si.C8H12NO.2ClH.Zr/c1-3-7-12-10(5-1)9-11-6-2-4-8-13(11)12;1-3-7-11(8-4-1)13-12-9-5-2-6-10-12;9-7(10)8-3-1-6(5-8)2-4-8;;;/h1-5,7-8H,9H2;1-10,13H;3,6H,1-2,4-5H2,(H2,9,10);2*1H;/q-1;;-1;;;+4/p-2. The van der Waals surface area contributed by atoms with Crippen LogP contribution < -0.4 is 16.1 Å². The molecule has 0 spiro atoms. The molecule has 0 aliphatic heterocycles. The van der Waals surface area contributed by atoms with Crippen LogP contribution in [0.1, 0.15) is 36.8 Å². The van der Waals surface area contributed by atoms with Crippen LogP contribution in [0.25, 0.3) is 11.1 Å². The molecule has 197 valence electrons. The zero-order valence-corrected chi connectivity index (χ0v) is 26.9. The third kappa shape index (κ3) is 8.27. The molecule has 4 aromatic carbocycles. The number of halogens is 2. The summed E-state index contributed by atoms with van der Waals surface area (Å²) in [5.74, 6) is 0.667. The van der Waals surface area contributed by atoms with Crippen molar-refractivity contribution in [3.05, 3.63) is 127 Å². The van der Waals surface area contributed by atoms with Crippen LogP contribution in [0.5, 0.6) is 0 Å². The summed E-state index contributed by atoms with van der Waals surface area (Å²) in [6.07, 6.45) is 7.54. The fraction of sp³-hybridized carbons (Fsp3) is 0.212. The second-order valence-corrected chi connectivity index (χ2v) is 15.4. The van der Waals surface area contributed by atoms with E-state index in [0.29, 0.717) is 0 Å². The first-order valence-electron chi connectivity index (χ1n) is 13.2. The van der Waals surface area contributed by atoms with Gasteiger partial charge >= 0.3 is 37.9 Å². The van der Waals surface area contributed by atoms with Crippen molar-refractivity contribution in [2.24, 2.45) is 17.1 Å². The topological polar surface area (TPSA) is 43.1 Å². The minimum Gasteiger partial charge on any atom is -0.179 e. The summed E-state index contributed by atoms with van der Waals surface area (Å²) >= 11 is -0.826. The van der Waals surface area contributed by atoms with Gasteiger partial charge in [-0.25, -0.2) is 0 Å². The van der Waals surface area contributed by atoms with Gasteiger partial charge in [0.25, 0.3) is 0 Å². The zero-order valence-electron chi connectivity index (χ0n) is 21.8. The number of carbonyl (C=O) groups is 1. The number of fused-ring (bicyclic) bond motifs is 5. The smallest absolute Gasteiger partial charge is 0.103 e. The molecule has 4 aromatic rings. The number of benzene rings is 4. The molecule has 0 heterocycles. The molecular weight excluding hydrogens is 617 g/mol. The van der Waals surface area contributed by atoms with Gasteiger partial charge in [0.05, 0.1) is 0 Å². The molecule has 0 aromatic heterocycles. The minimum absolute atomic E-state index is 0.104. The first-order valence-corrected chi connectivity index (χ1v) is 20.7. The summed E-state index contributed by atoms with van der Waals surface area (Å²) in [4.78, 5) is 11.0. The maximum Gasteiger partial charge on any atom is 0.103 e. The van der Waals surface area contributed by atoms with E-state index in [-0.39, 0.29) is 20.8 Å². The van der Waals surface area contributed by atoms with Gasteiger partial charge in [0.1, 0.15) is 9.52 Å². The van der Waals surface area contributed by atoms with E-state index >= 15 is 0 Å². The molecular formula is C33H32Cl2NOSiZr. The predicted octanol–water partition coefficient (Wildman–Crippen LogP) is 6.37. The molecule has 2 bridgehead atoms. The summed E-state index contributed by atoms with van der Waals surface area (Å²) in [5, 5.41) is 2.90. The number of amides is 1. The van der Waals surface area contributed by atoms with Crippen LogP contribution in [0.15, 0.2) is 103 Å². The molecule has 2 nitrogen and oxygen atoms in total. The Morgan fingerprint density at radius 1 is 0.897 bits per heavy atom. The third-order valence-electron chi connectivity index (χ3n) is 7.53. The fourth-order valence-electron chi connectivity index (χ4n) is 5.57. The zero-order chi connectivity index (χ0) is 27.5. The molecule has 2 unspecified atom stereocenters. The van der Waals surface area contributed by atoms with E-state index < -0.39 is 20.8 Å². The van der Waals surface area contributed by atoms with Crippen LogP contribution in [-0.4, -0.2) is 15.4 Å². The van der Waals surface area contributed by atoms with Gasteiger partial charge in [-0.15, -0.1) is 5.56 Å². The molecule has 7 rings (SSSR count). The second kappa shape index (κ2) is 15.1. The first-order chi connectivity index (χ1) is 19.0. The Morgan fingerprint density at radius 3 is 2.00 bits per heavy atom. The fourth-order valence-corrected chi connectivity index (χ4v) is 6.79. The third-order valence-corrected chi connectivity index (χ3v) is 8.97. The Labute approximate surface area is 253 Å². The van der Waals surface area contributed by atoms with Gasteiger partial charge in [0.15, 0.2) is 5.91 Å². The molecule has 6 heteroatoms. The maximum atomic E-state index is 11.0. The number of nitrogens with two attached hydrogens (primary N) is 1. The van der Waals surface area contributed by atoms with Crippen molar-refractivity contribution in [2.45, 2.75) is 32.1 Å². The SMILES string of the molecule is NC(=O)C12[CH-]CC(CC1)C2.[Cl][Zr+2][Cl].[c-]1cccc2c1Cc1ccccc1-2.c1ccc([SiH]c2ccccc2)cc1. The van der Waals surface area contributed by atoms with Crippen molar-refractivity contribution in [3.63, 3.8) is 0 Å². The summed E-state index contributed by atoms with van der Waals surface area (Å²) < 4.78 is 0. The quantitative estimate of drug-likeness (QED) is 0.179. The maximum absolute atomic E-state index is 11.0. The first kappa shape index (κ1) is 30.0. The van der Waals surface area contributed by atoms with Crippen molar-refractivity contribution in [1.29, 1.82) is 0 Å². The summed E-state index contributed by atoms with van der Waals surface area (Å²) in [6, 6.07) is 39.4. The van der Waals surface area contributed by atoms with Gasteiger partial charge < -0.3 is 12.2 Å². The Balaban J connectivity index is 0.000000130. The van der Waals surface area contributed by atoms with E-state index in [1.165, 1.54) is 39.0 Å². The van der Waals surface area contributed by atoms with E-state index in [0.717, 1.165) is 31.6 Å². The van der Waals surface area contributed by atoms with Gasteiger partial charge in [-0.1, -0.05) is 137 Å². The van der Waals surface area contributed by atoms with Crippen molar-refractivity contribution < 1.29 is 25.6 Å². The normalized spacial score (nSPS) is 19.0. The molecule has 2 saturated carbocycles. The second-order valence-electron chi connectivity index (χ2n) is 10.0. The molecule has 3 aliphatic rings.